The number of carboxylic acid groups (broad SMARTS) is 1. The molecule has 132 valence electrons. The Morgan fingerprint density at radius 2 is 1.92 bits per heavy atom. The van der Waals surface area contributed by atoms with Crippen molar-refractivity contribution in [3.63, 3.8) is 0 Å². The minimum absolute atomic E-state index is 0.0791. The fourth-order valence-electron chi connectivity index (χ4n) is 2.94. The van der Waals surface area contributed by atoms with Crippen LogP contribution < -0.4 is 5.43 Å². The predicted molar refractivity (Wildman–Crippen MR) is 104 cm³/mol. The van der Waals surface area contributed by atoms with Crippen LogP contribution in [0.1, 0.15) is 46.2 Å². The van der Waals surface area contributed by atoms with E-state index in [4.69, 9.17) is 9.52 Å². The molecule has 3 rings (SSSR count). The number of carbonyl (C=O) groups is 1. The minimum atomic E-state index is -1.06. The van der Waals surface area contributed by atoms with Crippen molar-refractivity contribution in [2.24, 2.45) is 0 Å². The second-order valence-electron chi connectivity index (χ2n) is 6.23. The maximum atomic E-state index is 12.9. The van der Waals surface area contributed by atoms with E-state index in [1.807, 2.05) is 50.3 Å². The third-order valence-electron chi connectivity index (χ3n) is 4.37. The number of aryl methyl sites for hydroxylation is 1. The maximum absolute atomic E-state index is 12.9. The largest absolute Gasteiger partial charge is 0.478 e. The van der Waals surface area contributed by atoms with Crippen LogP contribution in [-0.2, 0) is 6.42 Å². The summed E-state index contributed by atoms with van der Waals surface area (Å²) in [6.45, 7) is 4.02. The van der Waals surface area contributed by atoms with Crippen molar-refractivity contribution in [1.29, 1.82) is 0 Å². The van der Waals surface area contributed by atoms with Gasteiger partial charge in [-0.2, -0.15) is 0 Å². The van der Waals surface area contributed by atoms with E-state index in [0.29, 0.717) is 28.7 Å². The van der Waals surface area contributed by atoms with Gasteiger partial charge in [0.1, 0.15) is 11.3 Å². The van der Waals surface area contributed by atoms with Gasteiger partial charge < -0.3 is 9.52 Å². The lowest BCUT2D eigenvalue weighted by Crippen LogP contribution is -2.12. The van der Waals surface area contributed by atoms with E-state index < -0.39 is 5.97 Å². The first kappa shape index (κ1) is 17.7. The van der Waals surface area contributed by atoms with Gasteiger partial charge in [-0.1, -0.05) is 43.7 Å². The van der Waals surface area contributed by atoms with Crippen molar-refractivity contribution in [2.75, 3.05) is 0 Å². The Morgan fingerprint density at radius 1 is 1.15 bits per heavy atom. The highest BCUT2D eigenvalue weighted by molar-refractivity contribution is 5.93. The Labute approximate surface area is 151 Å². The third-order valence-corrected chi connectivity index (χ3v) is 4.37. The van der Waals surface area contributed by atoms with Crippen LogP contribution in [-0.4, -0.2) is 11.1 Å². The average molecular weight is 348 g/mol. The lowest BCUT2D eigenvalue weighted by molar-refractivity contribution is 0.0697. The van der Waals surface area contributed by atoms with Crippen LogP contribution in [0.2, 0.25) is 0 Å². The van der Waals surface area contributed by atoms with Crippen LogP contribution in [0.5, 0.6) is 0 Å². The van der Waals surface area contributed by atoms with Crippen LogP contribution in [0.4, 0.5) is 0 Å². The van der Waals surface area contributed by atoms with Crippen molar-refractivity contribution in [2.45, 2.75) is 26.7 Å². The van der Waals surface area contributed by atoms with E-state index in [9.17, 15) is 9.59 Å². The second kappa shape index (κ2) is 7.40. The highest BCUT2D eigenvalue weighted by atomic mass is 16.4. The fraction of sp³-hybridized carbons (Fsp3) is 0.182. The first-order valence-corrected chi connectivity index (χ1v) is 8.58. The van der Waals surface area contributed by atoms with E-state index in [1.54, 1.807) is 6.07 Å². The molecule has 1 aromatic heterocycles. The summed E-state index contributed by atoms with van der Waals surface area (Å²) in [6.07, 6.45) is 5.12. The fourth-order valence-corrected chi connectivity index (χ4v) is 2.94. The molecule has 0 spiro atoms. The van der Waals surface area contributed by atoms with Crippen molar-refractivity contribution in [1.82, 2.24) is 0 Å². The molecule has 0 bridgehead atoms. The number of fused-ring (bicyclic) bond motifs is 1. The van der Waals surface area contributed by atoms with Gasteiger partial charge in [-0.15, -0.1) is 0 Å². The molecule has 1 N–H and O–H groups in total. The molecular weight excluding hydrogens is 328 g/mol. The summed E-state index contributed by atoms with van der Waals surface area (Å²) in [6, 6.07) is 12.3. The molecule has 26 heavy (non-hydrogen) atoms. The van der Waals surface area contributed by atoms with Crippen LogP contribution >= 0.6 is 0 Å². The molecule has 0 radical (unpaired) electrons. The lowest BCUT2D eigenvalue weighted by atomic mass is 10.0. The lowest BCUT2D eigenvalue weighted by Gasteiger charge is -2.07. The molecular formula is C22H20O4. The molecule has 3 aromatic rings. The highest BCUT2D eigenvalue weighted by Crippen LogP contribution is 2.21. The summed E-state index contributed by atoms with van der Waals surface area (Å²) in [7, 11) is 0. The van der Waals surface area contributed by atoms with Crippen molar-refractivity contribution in [3.05, 3.63) is 80.7 Å². The molecule has 0 aliphatic rings. The normalized spacial score (nSPS) is 11.3. The van der Waals surface area contributed by atoms with Gasteiger partial charge in [0.25, 0.3) is 0 Å². The van der Waals surface area contributed by atoms with Crippen molar-refractivity contribution >= 4 is 29.1 Å². The van der Waals surface area contributed by atoms with Crippen molar-refractivity contribution < 1.29 is 14.3 Å². The Bertz CT molecular complexity index is 1060. The maximum Gasteiger partial charge on any atom is 0.335 e. The molecule has 4 nitrogen and oxygen atoms in total. The molecule has 0 saturated carbocycles. The Balaban J connectivity index is 2.17. The van der Waals surface area contributed by atoms with E-state index in [0.717, 1.165) is 17.5 Å². The zero-order valence-electron chi connectivity index (χ0n) is 14.8. The number of benzene rings is 2. The van der Waals surface area contributed by atoms with Gasteiger partial charge in [0.2, 0.25) is 0 Å². The Hall–Kier alpha value is -3.14. The van der Waals surface area contributed by atoms with Gasteiger partial charge in [-0.25, -0.2) is 4.79 Å². The van der Waals surface area contributed by atoms with Gasteiger partial charge in [-0.05, 0) is 48.7 Å². The first-order chi connectivity index (χ1) is 12.5. The number of hydrogen-bond acceptors (Lipinski definition) is 3. The average Bonchev–Trinajstić information content (AvgIpc) is 2.63. The summed E-state index contributed by atoms with van der Waals surface area (Å²) >= 11 is 0. The summed E-state index contributed by atoms with van der Waals surface area (Å²) in [4.78, 5) is 24.1. The van der Waals surface area contributed by atoms with Gasteiger partial charge in [0.15, 0.2) is 5.43 Å². The molecule has 0 aliphatic heterocycles. The monoisotopic (exact) mass is 348 g/mol. The molecule has 0 amide bonds. The summed E-state index contributed by atoms with van der Waals surface area (Å²) in [5.41, 5.74) is 3.07. The summed E-state index contributed by atoms with van der Waals surface area (Å²) in [5.74, 6) is -0.539. The van der Waals surface area contributed by atoms with Crippen LogP contribution in [0.15, 0.2) is 51.7 Å². The molecule has 0 unspecified atom stereocenters. The standard InChI is InChI=1S/C22H20O4/c1-3-6-17-19(11-9-15-8-5-4-7-14(15)2)26-20-12-10-16(22(24)25)13-18(20)21(17)23/h4-5,7-13H,3,6H2,1-2H3,(H,24,25)/b11-9+. The van der Waals surface area contributed by atoms with E-state index in [1.165, 1.54) is 12.1 Å². The second-order valence-corrected chi connectivity index (χ2v) is 6.23. The van der Waals surface area contributed by atoms with Crippen LogP contribution in [0.3, 0.4) is 0 Å². The molecule has 2 aromatic carbocycles. The number of hydrogen-bond donors (Lipinski definition) is 1. The molecule has 0 fully saturated rings. The zero-order valence-corrected chi connectivity index (χ0v) is 14.8. The smallest absolute Gasteiger partial charge is 0.335 e. The Kier molecular flexibility index (Phi) is 5.03. The van der Waals surface area contributed by atoms with Gasteiger partial charge >= 0.3 is 5.97 Å². The molecule has 0 aliphatic carbocycles. The zero-order chi connectivity index (χ0) is 18.7. The molecule has 4 heteroatoms. The van der Waals surface area contributed by atoms with E-state index >= 15 is 0 Å². The summed E-state index contributed by atoms with van der Waals surface area (Å²) < 4.78 is 5.94. The molecule has 1 heterocycles. The van der Waals surface area contributed by atoms with Crippen LogP contribution in [0, 0.1) is 6.92 Å². The quantitative estimate of drug-likeness (QED) is 0.710. The number of carboxylic acids is 1. The number of rotatable bonds is 5. The molecule has 0 saturated heterocycles. The molecule has 0 atom stereocenters. The minimum Gasteiger partial charge on any atom is -0.478 e. The van der Waals surface area contributed by atoms with E-state index in [2.05, 4.69) is 0 Å². The van der Waals surface area contributed by atoms with Crippen molar-refractivity contribution in [3.8, 4) is 0 Å². The third kappa shape index (κ3) is 3.45. The topological polar surface area (TPSA) is 67.5 Å². The van der Waals surface area contributed by atoms with Gasteiger partial charge in [0.05, 0.1) is 10.9 Å². The van der Waals surface area contributed by atoms with Gasteiger partial charge in [-0.3, -0.25) is 4.79 Å². The van der Waals surface area contributed by atoms with Gasteiger partial charge in [0, 0.05) is 5.56 Å². The SMILES string of the molecule is CCCc1c(/C=C/c2ccccc2C)oc2ccc(C(=O)O)cc2c1=O. The first-order valence-electron chi connectivity index (χ1n) is 8.58. The number of aromatic carboxylic acids is 1. The van der Waals surface area contributed by atoms with E-state index in [-0.39, 0.29) is 11.0 Å². The Morgan fingerprint density at radius 3 is 2.62 bits per heavy atom. The van der Waals surface area contributed by atoms with Crippen LogP contribution in [0.25, 0.3) is 23.1 Å². The summed E-state index contributed by atoms with van der Waals surface area (Å²) in [5, 5.41) is 9.46. The predicted octanol–water partition coefficient (Wildman–Crippen LogP) is 4.92. The highest BCUT2D eigenvalue weighted by Gasteiger charge is 2.14.